The number of rotatable bonds is 6. The van der Waals surface area contributed by atoms with E-state index in [9.17, 15) is 13.2 Å². The molecule has 0 spiro atoms. The fourth-order valence-electron chi connectivity index (χ4n) is 3.93. The van der Waals surface area contributed by atoms with Gasteiger partial charge in [-0.25, -0.2) is 17.5 Å². The number of sulfonamides is 1. The summed E-state index contributed by atoms with van der Waals surface area (Å²) in [4.78, 5) is 14.4. The number of carbonyl (C=O) groups excluding carboxylic acids is 1. The third kappa shape index (κ3) is 5.03. The summed E-state index contributed by atoms with van der Waals surface area (Å²) in [6, 6.07) is 13.6. The summed E-state index contributed by atoms with van der Waals surface area (Å²) in [6.45, 7) is 4.08. The van der Waals surface area contributed by atoms with Gasteiger partial charge < -0.3 is 4.90 Å². The van der Waals surface area contributed by atoms with Crippen LogP contribution in [0, 0.1) is 11.7 Å². The Kier molecular flexibility index (Phi) is 6.39. The lowest BCUT2D eigenvalue weighted by Crippen LogP contribution is -2.48. The minimum atomic E-state index is -3.45. The number of amides is 1. The van der Waals surface area contributed by atoms with Crippen LogP contribution in [0.15, 0.2) is 48.5 Å². The van der Waals surface area contributed by atoms with Crippen LogP contribution in [0.2, 0.25) is 0 Å². The molecule has 1 aliphatic rings. The summed E-state index contributed by atoms with van der Waals surface area (Å²) >= 11 is 0. The molecule has 0 bridgehead atoms. The number of benzene rings is 2. The zero-order valence-electron chi connectivity index (χ0n) is 16.9. The number of hydrogen-bond donors (Lipinski definition) is 1. The Morgan fingerprint density at radius 2 is 1.86 bits per heavy atom. The fraction of sp³-hybridized carbons (Fsp3) is 0.409. The van der Waals surface area contributed by atoms with Crippen molar-refractivity contribution in [1.29, 1.82) is 0 Å². The minimum absolute atomic E-state index is 0.0487. The largest absolute Gasteiger partial charge is 0.337 e. The normalized spacial score (nSPS) is 19.7. The highest BCUT2D eigenvalue weighted by Gasteiger charge is 2.39. The second-order valence-corrected chi connectivity index (χ2v) is 9.67. The topological polar surface area (TPSA) is 66.5 Å². The molecule has 1 N–H and O–H groups in total. The van der Waals surface area contributed by atoms with Crippen LogP contribution in [0.5, 0.6) is 0 Å². The Hall–Kier alpha value is -2.25. The maximum absolute atomic E-state index is 15.3. The van der Waals surface area contributed by atoms with Gasteiger partial charge >= 0.3 is 0 Å². The van der Waals surface area contributed by atoms with Crippen molar-refractivity contribution in [3.8, 4) is 11.1 Å². The Morgan fingerprint density at radius 1 is 1.17 bits per heavy atom. The molecule has 29 heavy (non-hydrogen) atoms. The minimum Gasteiger partial charge on any atom is -0.337 e. The van der Waals surface area contributed by atoms with Crippen molar-refractivity contribution in [3.05, 3.63) is 59.9 Å². The molecule has 2 unspecified atom stereocenters. The first-order valence-corrected chi connectivity index (χ1v) is 11.7. The maximum Gasteiger partial charge on any atom is 0.225 e. The van der Waals surface area contributed by atoms with E-state index in [2.05, 4.69) is 4.72 Å². The smallest absolute Gasteiger partial charge is 0.225 e. The molecule has 1 saturated heterocycles. The Balaban J connectivity index is 1.94. The van der Waals surface area contributed by atoms with Gasteiger partial charge in [-0.15, -0.1) is 0 Å². The van der Waals surface area contributed by atoms with Crippen molar-refractivity contribution in [2.24, 2.45) is 5.92 Å². The highest BCUT2D eigenvalue weighted by molar-refractivity contribution is 7.88. The van der Waals surface area contributed by atoms with Crippen molar-refractivity contribution < 1.29 is 17.6 Å². The zero-order valence-corrected chi connectivity index (χ0v) is 17.7. The number of halogens is 1. The molecule has 2 atom stereocenters. The van der Waals surface area contributed by atoms with Crippen LogP contribution in [0.4, 0.5) is 4.39 Å². The summed E-state index contributed by atoms with van der Waals surface area (Å²) in [6.07, 6.45) is 1.86. The van der Waals surface area contributed by atoms with Gasteiger partial charge in [-0.3, -0.25) is 4.79 Å². The van der Waals surface area contributed by atoms with Gasteiger partial charge in [-0.1, -0.05) is 62.4 Å². The predicted octanol–water partition coefficient (Wildman–Crippen LogP) is 3.21. The summed E-state index contributed by atoms with van der Waals surface area (Å²) in [5, 5.41) is 0. The van der Waals surface area contributed by atoms with Gasteiger partial charge in [0.2, 0.25) is 15.9 Å². The van der Waals surface area contributed by atoms with E-state index in [1.165, 1.54) is 0 Å². The molecule has 0 aliphatic carbocycles. The van der Waals surface area contributed by atoms with Gasteiger partial charge in [0.25, 0.3) is 0 Å². The number of hydrogen-bond acceptors (Lipinski definition) is 3. The fourth-order valence-corrected chi connectivity index (χ4v) is 4.75. The molecule has 0 aromatic heterocycles. The van der Waals surface area contributed by atoms with Gasteiger partial charge in [0.05, 0.1) is 12.3 Å². The van der Waals surface area contributed by atoms with E-state index >= 15 is 4.39 Å². The van der Waals surface area contributed by atoms with Gasteiger partial charge in [0, 0.05) is 24.1 Å². The van der Waals surface area contributed by atoms with Gasteiger partial charge in [0.15, 0.2) is 0 Å². The second kappa shape index (κ2) is 8.63. The van der Waals surface area contributed by atoms with E-state index in [0.29, 0.717) is 24.1 Å². The van der Waals surface area contributed by atoms with Crippen molar-refractivity contribution in [2.75, 3.05) is 12.8 Å². The van der Waals surface area contributed by atoms with Gasteiger partial charge in [-0.2, -0.15) is 0 Å². The van der Waals surface area contributed by atoms with Crippen molar-refractivity contribution in [2.45, 2.75) is 38.8 Å². The molecule has 1 amide bonds. The number of nitrogens with one attached hydrogen (secondary N) is 1. The summed E-state index contributed by atoms with van der Waals surface area (Å²) in [5.41, 5.74) is 1.75. The molecule has 3 rings (SSSR count). The van der Waals surface area contributed by atoms with Gasteiger partial charge in [-0.05, 0) is 24.0 Å². The van der Waals surface area contributed by atoms with E-state index in [1.54, 1.807) is 23.1 Å². The average Bonchev–Trinajstić information content (AvgIpc) is 3.04. The van der Waals surface area contributed by atoms with E-state index < -0.39 is 22.1 Å². The highest BCUT2D eigenvalue weighted by Crippen LogP contribution is 2.29. The Labute approximate surface area is 172 Å². The molecule has 0 radical (unpaired) electrons. The summed E-state index contributed by atoms with van der Waals surface area (Å²) in [5.74, 6) is -0.594. The SMILES string of the molecule is CC(C)C(=O)N1CCC(NS(C)(=O)=O)C1Cc1cccc(-c2ccccc2)c1F. The van der Waals surface area contributed by atoms with Gasteiger partial charge in [0.1, 0.15) is 5.82 Å². The molecule has 5 nitrogen and oxygen atoms in total. The van der Waals surface area contributed by atoms with E-state index in [0.717, 1.165) is 11.8 Å². The van der Waals surface area contributed by atoms with Crippen LogP contribution in [-0.4, -0.2) is 44.1 Å². The lowest BCUT2D eigenvalue weighted by Gasteiger charge is -2.30. The van der Waals surface area contributed by atoms with E-state index in [-0.39, 0.29) is 24.1 Å². The molecule has 1 heterocycles. The van der Waals surface area contributed by atoms with Crippen LogP contribution in [0.3, 0.4) is 0 Å². The quantitative estimate of drug-likeness (QED) is 0.783. The molecule has 1 aliphatic heterocycles. The number of carbonyl (C=O) groups is 1. The molecule has 156 valence electrons. The molecule has 1 fully saturated rings. The summed E-state index contributed by atoms with van der Waals surface area (Å²) < 4.78 is 41.6. The van der Waals surface area contributed by atoms with Crippen LogP contribution in [0.25, 0.3) is 11.1 Å². The van der Waals surface area contributed by atoms with Crippen LogP contribution in [-0.2, 0) is 21.2 Å². The third-order valence-electron chi connectivity index (χ3n) is 5.28. The molecular weight excluding hydrogens is 391 g/mol. The monoisotopic (exact) mass is 418 g/mol. The average molecular weight is 419 g/mol. The first-order chi connectivity index (χ1) is 13.7. The van der Waals surface area contributed by atoms with Crippen LogP contribution in [0.1, 0.15) is 25.8 Å². The molecule has 0 saturated carbocycles. The van der Waals surface area contributed by atoms with Crippen molar-refractivity contribution in [1.82, 2.24) is 9.62 Å². The first-order valence-electron chi connectivity index (χ1n) is 9.78. The lowest BCUT2D eigenvalue weighted by molar-refractivity contribution is -0.135. The van der Waals surface area contributed by atoms with Crippen molar-refractivity contribution >= 4 is 15.9 Å². The van der Waals surface area contributed by atoms with E-state index in [4.69, 9.17) is 0 Å². The standard InChI is InChI=1S/C22H27FN2O3S/c1-15(2)22(26)25-13-12-19(24-29(3,27)28)20(25)14-17-10-7-11-18(21(17)23)16-8-5-4-6-9-16/h4-11,15,19-20,24H,12-14H2,1-3H3. The molecular formula is C22H27FN2O3S. The zero-order chi connectivity index (χ0) is 21.2. The summed E-state index contributed by atoms with van der Waals surface area (Å²) in [7, 11) is -3.45. The maximum atomic E-state index is 15.3. The highest BCUT2D eigenvalue weighted by atomic mass is 32.2. The van der Waals surface area contributed by atoms with Crippen LogP contribution < -0.4 is 4.72 Å². The Morgan fingerprint density at radius 3 is 2.48 bits per heavy atom. The predicted molar refractivity (Wildman–Crippen MR) is 112 cm³/mol. The second-order valence-electron chi connectivity index (χ2n) is 7.89. The Bertz CT molecular complexity index is 977. The molecule has 7 heteroatoms. The molecule has 2 aromatic rings. The lowest BCUT2D eigenvalue weighted by atomic mass is 9.95. The number of likely N-dealkylation sites (tertiary alicyclic amines) is 1. The third-order valence-corrected chi connectivity index (χ3v) is 6.01. The van der Waals surface area contributed by atoms with Crippen LogP contribution >= 0.6 is 0 Å². The first kappa shape index (κ1) is 21.5. The van der Waals surface area contributed by atoms with Crippen molar-refractivity contribution in [3.63, 3.8) is 0 Å². The molecule has 2 aromatic carbocycles. The number of nitrogens with zero attached hydrogens (tertiary/aromatic N) is 1. The van der Waals surface area contributed by atoms with E-state index in [1.807, 2.05) is 44.2 Å².